The van der Waals surface area contributed by atoms with Gasteiger partial charge in [-0.15, -0.1) is 0 Å². The maximum atomic E-state index is 13.1. The smallest absolute Gasteiger partial charge is 0.408 e. The van der Waals surface area contributed by atoms with E-state index in [-0.39, 0.29) is 18.5 Å². The number of anilines is 1. The molecule has 2 amide bonds. The number of carbonyl (C=O) groups is 2. The van der Waals surface area contributed by atoms with Crippen LogP contribution in [-0.4, -0.2) is 30.5 Å². The van der Waals surface area contributed by atoms with Crippen molar-refractivity contribution in [3.63, 3.8) is 0 Å². The molecule has 3 aromatic carbocycles. The van der Waals surface area contributed by atoms with E-state index in [0.717, 1.165) is 22.3 Å². The van der Waals surface area contributed by atoms with Gasteiger partial charge in [-0.3, -0.25) is 9.79 Å². The fraction of sp³-hybridized carbons (Fsp3) is 0.188. The summed E-state index contributed by atoms with van der Waals surface area (Å²) in [5, 5.41) is 6.73. The number of guanidine groups is 1. The topological polar surface area (TPSA) is 136 Å². The molecule has 0 unspecified atom stereocenters. The number of aliphatic imine (C=N–C) groups is 1. The Bertz CT molecular complexity index is 1530. The summed E-state index contributed by atoms with van der Waals surface area (Å²) in [6.45, 7) is 0.435. The van der Waals surface area contributed by atoms with Gasteiger partial charge in [0.05, 0.1) is 0 Å². The number of carbonyl (C=O) groups excluding carboxylic acids is 2. The predicted molar refractivity (Wildman–Crippen MR) is 163 cm³/mol. The van der Waals surface area contributed by atoms with Crippen LogP contribution in [-0.2, 0) is 23.2 Å². The van der Waals surface area contributed by atoms with Gasteiger partial charge >= 0.3 is 6.09 Å². The summed E-state index contributed by atoms with van der Waals surface area (Å²) in [5.74, 6) is -0.386. The highest BCUT2D eigenvalue weighted by molar-refractivity contribution is 5.96. The number of ether oxygens (including phenoxy) is 1. The van der Waals surface area contributed by atoms with Crippen molar-refractivity contribution in [3.05, 3.63) is 108 Å². The molecule has 9 heteroatoms. The standard InChI is InChI=1S/C32H34N6O3/c1-38-27(20-16-25-10-5-6-12-29(25)38)19-15-23-13-17-26(18-14-23)36-30(39)28(11-7-21-35-31(33)34)37-32(40)41-22-24-8-3-2-4-9-24/h2-6,8-10,12-20,28H,7,11,21-22H2,1H3,(H5,33,34,35,37,40)/p+1/t28-/m0/s1. The van der Waals surface area contributed by atoms with Gasteiger partial charge in [0.1, 0.15) is 19.7 Å². The summed E-state index contributed by atoms with van der Waals surface area (Å²) < 4.78 is 7.45. The van der Waals surface area contributed by atoms with Crippen molar-refractivity contribution in [2.45, 2.75) is 25.5 Å². The second-order valence-corrected chi connectivity index (χ2v) is 9.53. The van der Waals surface area contributed by atoms with Crippen LogP contribution in [0.25, 0.3) is 23.1 Å². The molecule has 41 heavy (non-hydrogen) atoms. The molecule has 0 spiro atoms. The summed E-state index contributed by atoms with van der Waals surface area (Å²) in [6.07, 6.45) is 4.21. The van der Waals surface area contributed by atoms with E-state index >= 15 is 0 Å². The highest BCUT2D eigenvalue weighted by Crippen LogP contribution is 2.15. The number of amides is 2. The van der Waals surface area contributed by atoms with Gasteiger partial charge < -0.3 is 26.8 Å². The van der Waals surface area contributed by atoms with Crippen molar-refractivity contribution in [3.8, 4) is 0 Å². The molecule has 0 radical (unpaired) electrons. The molecule has 1 aromatic heterocycles. The maximum Gasteiger partial charge on any atom is 0.408 e. The van der Waals surface area contributed by atoms with Gasteiger partial charge in [0.25, 0.3) is 0 Å². The molecular weight excluding hydrogens is 516 g/mol. The fourth-order valence-electron chi connectivity index (χ4n) is 4.30. The molecule has 9 nitrogen and oxygen atoms in total. The van der Waals surface area contributed by atoms with Crippen molar-refractivity contribution in [2.24, 2.45) is 23.5 Å². The molecule has 6 N–H and O–H groups in total. The third kappa shape index (κ3) is 8.66. The van der Waals surface area contributed by atoms with Crippen LogP contribution in [0.1, 0.15) is 29.7 Å². The van der Waals surface area contributed by atoms with Gasteiger partial charge in [-0.2, -0.15) is 4.57 Å². The summed E-state index contributed by atoms with van der Waals surface area (Å²) in [5.41, 5.74) is 15.4. The van der Waals surface area contributed by atoms with Crippen LogP contribution < -0.4 is 26.7 Å². The molecule has 0 bridgehead atoms. The Morgan fingerprint density at radius 1 is 0.927 bits per heavy atom. The first-order valence-corrected chi connectivity index (χ1v) is 13.4. The van der Waals surface area contributed by atoms with E-state index in [9.17, 15) is 9.59 Å². The summed E-state index contributed by atoms with van der Waals surface area (Å²) in [7, 11) is 2.04. The zero-order valence-electron chi connectivity index (χ0n) is 23.0. The van der Waals surface area contributed by atoms with Crippen molar-refractivity contribution >= 4 is 46.7 Å². The minimum atomic E-state index is -0.833. The van der Waals surface area contributed by atoms with Gasteiger partial charge in [-0.25, -0.2) is 4.79 Å². The van der Waals surface area contributed by atoms with Crippen molar-refractivity contribution in [1.82, 2.24) is 5.32 Å². The van der Waals surface area contributed by atoms with Crippen LogP contribution in [0.5, 0.6) is 0 Å². The van der Waals surface area contributed by atoms with Gasteiger partial charge in [0, 0.05) is 35.8 Å². The van der Waals surface area contributed by atoms with Crippen LogP contribution in [0.3, 0.4) is 0 Å². The number of nitrogens with two attached hydrogens (primary N) is 2. The predicted octanol–water partition coefficient (Wildman–Crippen LogP) is 4.12. The van der Waals surface area contributed by atoms with E-state index in [1.807, 2.05) is 79.9 Å². The molecule has 1 atom stereocenters. The number of rotatable bonds is 11. The van der Waals surface area contributed by atoms with Gasteiger partial charge in [0.15, 0.2) is 5.96 Å². The SMILES string of the molecule is C[n+]1c(C=Cc2ccc(NC(=O)[C@H](CCCN=C(N)N)NC(=O)OCc3ccccc3)cc2)ccc2ccccc21. The lowest BCUT2D eigenvalue weighted by Crippen LogP contribution is -2.44. The van der Waals surface area contributed by atoms with Crippen LogP contribution in [0.15, 0.2) is 96.0 Å². The average Bonchev–Trinajstić information content (AvgIpc) is 2.98. The second-order valence-electron chi connectivity index (χ2n) is 9.53. The molecule has 0 aliphatic heterocycles. The Morgan fingerprint density at radius 2 is 1.66 bits per heavy atom. The summed E-state index contributed by atoms with van der Waals surface area (Å²) in [6, 6.07) is 28.4. The zero-order chi connectivity index (χ0) is 29.0. The highest BCUT2D eigenvalue weighted by Gasteiger charge is 2.21. The first-order chi connectivity index (χ1) is 19.9. The minimum absolute atomic E-state index is 0.0234. The quantitative estimate of drug-likeness (QED) is 0.0962. The number of para-hydroxylation sites is 1. The average molecular weight is 552 g/mol. The molecule has 0 fully saturated rings. The van der Waals surface area contributed by atoms with Gasteiger partial charge in [-0.1, -0.05) is 54.6 Å². The number of aryl methyl sites for hydroxylation is 1. The number of alkyl carbamates (subject to hydrolysis) is 1. The highest BCUT2D eigenvalue weighted by atomic mass is 16.5. The molecule has 0 aliphatic rings. The maximum absolute atomic E-state index is 13.1. The molecule has 210 valence electrons. The molecule has 0 saturated carbocycles. The van der Waals surface area contributed by atoms with E-state index in [1.54, 1.807) is 0 Å². The lowest BCUT2D eigenvalue weighted by Gasteiger charge is -2.18. The van der Waals surface area contributed by atoms with Gasteiger partial charge in [0.2, 0.25) is 17.1 Å². The Labute approximate surface area is 239 Å². The van der Waals surface area contributed by atoms with Crippen LogP contribution >= 0.6 is 0 Å². The first-order valence-electron chi connectivity index (χ1n) is 13.4. The number of nitrogens with one attached hydrogen (secondary N) is 2. The number of fused-ring (bicyclic) bond motifs is 1. The lowest BCUT2D eigenvalue weighted by molar-refractivity contribution is -0.646. The van der Waals surface area contributed by atoms with Crippen LogP contribution in [0, 0.1) is 0 Å². The third-order valence-electron chi connectivity index (χ3n) is 6.51. The minimum Gasteiger partial charge on any atom is -0.445 e. The van der Waals surface area contributed by atoms with Crippen molar-refractivity contribution < 1.29 is 18.9 Å². The Balaban J connectivity index is 1.37. The zero-order valence-corrected chi connectivity index (χ0v) is 23.0. The Morgan fingerprint density at radius 3 is 2.41 bits per heavy atom. The molecule has 1 heterocycles. The number of hydrogen-bond acceptors (Lipinski definition) is 4. The third-order valence-corrected chi connectivity index (χ3v) is 6.51. The normalized spacial score (nSPS) is 11.6. The van der Waals surface area contributed by atoms with E-state index in [2.05, 4.69) is 50.5 Å². The van der Waals surface area contributed by atoms with E-state index in [1.165, 1.54) is 5.39 Å². The Hall–Kier alpha value is -5.18. The molecule has 0 saturated heterocycles. The molecule has 0 aliphatic carbocycles. The number of aromatic nitrogens is 1. The second kappa shape index (κ2) is 14.3. The number of nitrogens with zero attached hydrogens (tertiary/aromatic N) is 2. The number of benzene rings is 3. The lowest BCUT2D eigenvalue weighted by atomic mass is 10.1. The molecule has 4 rings (SSSR count). The van der Waals surface area contributed by atoms with E-state index in [0.29, 0.717) is 25.1 Å². The first kappa shape index (κ1) is 28.8. The van der Waals surface area contributed by atoms with Crippen LogP contribution in [0.4, 0.5) is 10.5 Å². The Kier molecular flexibility index (Phi) is 10.0. The largest absolute Gasteiger partial charge is 0.445 e. The number of hydrogen-bond donors (Lipinski definition) is 4. The van der Waals surface area contributed by atoms with E-state index < -0.39 is 12.1 Å². The van der Waals surface area contributed by atoms with Crippen molar-refractivity contribution in [1.29, 1.82) is 0 Å². The van der Waals surface area contributed by atoms with Crippen LogP contribution in [0.2, 0.25) is 0 Å². The molecule has 4 aromatic rings. The monoisotopic (exact) mass is 551 g/mol. The van der Waals surface area contributed by atoms with Crippen molar-refractivity contribution in [2.75, 3.05) is 11.9 Å². The van der Waals surface area contributed by atoms with Gasteiger partial charge in [-0.05, 0) is 54.3 Å². The van der Waals surface area contributed by atoms with E-state index in [4.69, 9.17) is 16.2 Å². The number of pyridine rings is 1. The summed E-state index contributed by atoms with van der Waals surface area (Å²) >= 11 is 0. The fourth-order valence-corrected chi connectivity index (χ4v) is 4.30. The summed E-state index contributed by atoms with van der Waals surface area (Å²) in [4.78, 5) is 29.5. The molecular formula is C32H35N6O3+.